The van der Waals surface area contributed by atoms with Crippen molar-refractivity contribution in [3.05, 3.63) is 33.9 Å². The maximum absolute atomic E-state index is 11.9. The normalized spacial score (nSPS) is 17.6. The highest BCUT2D eigenvalue weighted by Crippen LogP contribution is 2.28. The van der Waals surface area contributed by atoms with Crippen LogP contribution >= 0.6 is 0 Å². The largest absolute Gasteiger partial charge is 0.271 e. The van der Waals surface area contributed by atoms with Gasteiger partial charge in [0, 0.05) is 23.6 Å². The number of hydrogen-bond donors (Lipinski definition) is 0. The highest BCUT2D eigenvalue weighted by molar-refractivity contribution is 7.95. The summed E-state index contributed by atoms with van der Waals surface area (Å²) in [4.78, 5) is 10.1. The number of hydrogen-bond acceptors (Lipinski definition) is 4. The summed E-state index contributed by atoms with van der Waals surface area (Å²) in [5.41, 5.74) is 1.30. The van der Waals surface area contributed by atoms with Crippen LogP contribution in [0.3, 0.4) is 0 Å². The van der Waals surface area contributed by atoms with Crippen molar-refractivity contribution < 1.29 is 9.13 Å². The van der Waals surface area contributed by atoms with Crippen LogP contribution in [0.15, 0.2) is 22.6 Å². The standard InChI is InChI=1S/C10H12N2O3S/c1-8-3-4-9(12(13)14)7-10(8)11-16(15)5-2-6-16/h3-4,7H,2,5-6H2,1H3. The van der Waals surface area contributed by atoms with Crippen molar-refractivity contribution in [2.45, 2.75) is 13.3 Å². The van der Waals surface area contributed by atoms with E-state index in [9.17, 15) is 14.3 Å². The Balaban J connectivity index is 2.48. The topological polar surface area (TPSA) is 72.6 Å². The lowest BCUT2D eigenvalue weighted by Gasteiger charge is -2.18. The van der Waals surface area contributed by atoms with E-state index in [4.69, 9.17) is 0 Å². The zero-order valence-corrected chi connectivity index (χ0v) is 9.70. The molecular formula is C10H12N2O3S. The van der Waals surface area contributed by atoms with Crippen LogP contribution in [0.2, 0.25) is 0 Å². The molecule has 0 bridgehead atoms. The van der Waals surface area contributed by atoms with Gasteiger partial charge in [0.2, 0.25) is 0 Å². The molecule has 0 radical (unpaired) electrons. The minimum Gasteiger partial charge on any atom is -0.258 e. The van der Waals surface area contributed by atoms with Gasteiger partial charge in [-0.25, -0.2) is 4.21 Å². The quantitative estimate of drug-likeness (QED) is 0.588. The molecule has 0 aliphatic carbocycles. The number of nitro groups is 1. The second-order valence-corrected chi connectivity index (χ2v) is 6.40. The molecular weight excluding hydrogens is 228 g/mol. The first-order valence-electron chi connectivity index (χ1n) is 4.98. The Labute approximate surface area is 93.8 Å². The first kappa shape index (κ1) is 11.1. The van der Waals surface area contributed by atoms with Crippen LogP contribution in [0.25, 0.3) is 0 Å². The maximum Gasteiger partial charge on any atom is 0.271 e. The molecule has 0 unspecified atom stereocenters. The highest BCUT2D eigenvalue weighted by atomic mass is 32.2. The Kier molecular flexibility index (Phi) is 2.67. The molecule has 1 saturated heterocycles. The zero-order valence-electron chi connectivity index (χ0n) is 8.88. The summed E-state index contributed by atoms with van der Waals surface area (Å²) in [6, 6.07) is 4.46. The molecule has 1 aliphatic heterocycles. The molecule has 0 spiro atoms. The van der Waals surface area contributed by atoms with Crippen LogP contribution in [0.4, 0.5) is 11.4 Å². The lowest BCUT2D eigenvalue weighted by atomic mass is 10.2. The summed E-state index contributed by atoms with van der Waals surface area (Å²) in [7, 11) is -2.10. The van der Waals surface area contributed by atoms with E-state index in [0.29, 0.717) is 17.2 Å². The van der Waals surface area contributed by atoms with Crippen molar-refractivity contribution in [2.75, 3.05) is 11.5 Å². The third-order valence-corrected chi connectivity index (χ3v) is 4.98. The molecule has 0 atom stereocenters. The molecule has 0 amide bonds. The summed E-state index contributed by atoms with van der Waals surface area (Å²) in [5.74, 6) is 1.21. The van der Waals surface area contributed by atoms with Gasteiger partial charge in [-0.1, -0.05) is 6.07 Å². The predicted molar refractivity (Wildman–Crippen MR) is 62.4 cm³/mol. The van der Waals surface area contributed by atoms with Crippen molar-refractivity contribution in [2.24, 2.45) is 4.36 Å². The Morgan fingerprint density at radius 2 is 2.12 bits per heavy atom. The molecule has 5 nitrogen and oxygen atoms in total. The van der Waals surface area contributed by atoms with Gasteiger partial charge in [-0.2, -0.15) is 4.36 Å². The van der Waals surface area contributed by atoms with Crippen LogP contribution in [-0.2, 0) is 9.73 Å². The molecule has 6 heteroatoms. The fourth-order valence-electron chi connectivity index (χ4n) is 1.47. The molecule has 1 heterocycles. The first-order valence-corrected chi connectivity index (χ1v) is 6.83. The van der Waals surface area contributed by atoms with Crippen molar-refractivity contribution in [3.8, 4) is 0 Å². The van der Waals surface area contributed by atoms with E-state index < -0.39 is 14.7 Å². The average molecular weight is 240 g/mol. The number of benzene rings is 1. The Hall–Kier alpha value is -1.43. The van der Waals surface area contributed by atoms with Gasteiger partial charge in [0.25, 0.3) is 5.69 Å². The van der Waals surface area contributed by atoms with Crippen LogP contribution in [0.5, 0.6) is 0 Å². The highest BCUT2D eigenvalue weighted by Gasteiger charge is 2.20. The third kappa shape index (κ3) is 2.06. The second-order valence-electron chi connectivity index (χ2n) is 3.85. The van der Waals surface area contributed by atoms with Gasteiger partial charge in [-0.3, -0.25) is 10.1 Å². The molecule has 0 aromatic heterocycles. The van der Waals surface area contributed by atoms with Gasteiger partial charge in [-0.05, 0) is 18.9 Å². The Bertz CT molecular complexity index is 549. The summed E-state index contributed by atoms with van der Waals surface area (Å²) < 4.78 is 16.1. The minimum absolute atomic E-state index is 0.00771. The number of nitrogens with zero attached hydrogens (tertiary/aromatic N) is 2. The van der Waals surface area contributed by atoms with Crippen LogP contribution < -0.4 is 0 Å². The molecule has 16 heavy (non-hydrogen) atoms. The van der Waals surface area contributed by atoms with E-state index in [1.807, 2.05) is 6.92 Å². The monoisotopic (exact) mass is 240 g/mol. The summed E-state index contributed by atoms with van der Waals surface area (Å²) in [5, 5.41) is 10.6. The van der Waals surface area contributed by atoms with E-state index in [1.54, 1.807) is 6.07 Å². The van der Waals surface area contributed by atoms with Gasteiger partial charge >= 0.3 is 0 Å². The van der Waals surface area contributed by atoms with Crippen molar-refractivity contribution in [1.82, 2.24) is 0 Å². The van der Waals surface area contributed by atoms with Gasteiger partial charge < -0.3 is 0 Å². The summed E-state index contributed by atoms with van der Waals surface area (Å²) in [6.45, 7) is 1.81. The predicted octanol–water partition coefficient (Wildman–Crippen LogP) is 2.41. The number of aryl methyl sites for hydroxylation is 1. The van der Waals surface area contributed by atoms with E-state index in [2.05, 4.69) is 4.36 Å². The van der Waals surface area contributed by atoms with Gasteiger partial charge in [-0.15, -0.1) is 0 Å². The minimum atomic E-state index is -2.10. The fraction of sp³-hybridized carbons (Fsp3) is 0.400. The van der Waals surface area contributed by atoms with Crippen LogP contribution in [-0.4, -0.2) is 20.6 Å². The lowest BCUT2D eigenvalue weighted by molar-refractivity contribution is -0.384. The summed E-state index contributed by atoms with van der Waals surface area (Å²) in [6.07, 6.45) is 0.927. The summed E-state index contributed by atoms with van der Waals surface area (Å²) >= 11 is 0. The number of nitro benzene ring substituents is 1. The van der Waals surface area contributed by atoms with Crippen molar-refractivity contribution in [1.29, 1.82) is 0 Å². The van der Waals surface area contributed by atoms with Gasteiger partial charge in [0.05, 0.1) is 20.3 Å². The molecule has 0 saturated carbocycles. The molecule has 86 valence electrons. The SMILES string of the molecule is Cc1ccc([N+](=O)[O-])cc1N=S1(=O)CCC1. The number of non-ortho nitro benzene ring substituents is 1. The third-order valence-electron chi connectivity index (χ3n) is 2.59. The van der Waals surface area contributed by atoms with Gasteiger partial charge in [0.15, 0.2) is 0 Å². The molecule has 1 aromatic rings. The molecule has 1 aromatic carbocycles. The van der Waals surface area contributed by atoms with E-state index >= 15 is 0 Å². The second kappa shape index (κ2) is 3.86. The van der Waals surface area contributed by atoms with Crippen molar-refractivity contribution >= 4 is 21.1 Å². The fourth-order valence-corrected chi connectivity index (χ4v) is 2.99. The van der Waals surface area contributed by atoms with E-state index in [1.165, 1.54) is 12.1 Å². The molecule has 2 rings (SSSR count). The van der Waals surface area contributed by atoms with Crippen molar-refractivity contribution in [3.63, 3.8) is 0 Å². The van der Waals surface area contributed by atoms with E-state index in [-0.39, 0.29) is 5.69 Å². The van der Waals surface area contributed by atoms with E-state index in [0.717, 1.165) is 12.0 Å². The average Bonchev–Trinajstić information content (AvgIpc) is 2.18. The van der Waals surface area contributed by atoms with Crippen LogP contribution in [0.1, 0.15) is 12.0 Å². The Morgan fingerprint density at radius 1 is 1.44 bits per heavy atom. The van der Waals surface area contributed by atoms with Crippen LogP contribution in [0, 0.1) is 17.0 Å². The Morgan fingerprint density at radius 3 is 2.62 bits per heavy atom. The first-order chi connectivity index (χ1) is 7.50. The molecule has 1 fully saturated rings. The zero-order chi connectivity index (χ0) is 11.8. The smallest absolute Gasteiger partial charge is 0.258 e. The van der Waals surface area contributed by atoms with Gasteiger partial charge in [0.1, 0.15) is 0 Å². The number of rotatable bonds is 2. The molecule has 0 N–H and O–H groups in total. The lowest BCUT2D eigenvalue weighted by Crippen LogP contribution is -2.23. The maximum atomic E-state index is 11.9. The molecule has 1 aliphatic rings.